The maximum absolute atomic E-state index is 12.6. The van der Waals surface area contributed by atoms with E-state index in [2.05, 4.69) is 27.1 Å². The average molecular weight is 458 g/mol. The molecule has 0 radical (unpaired) electrons. The summed E-state index contributed by atoms with van der Waals surface area (Å²) >= 11 is 12.5. The minimum absolute atomic E-state index is 0.184. The molecule has 3 aromatic heterocycles. The number of rotatable bonds is 6. The molecule has 152 valence electrons. The number of halogens is 1. The lowest BCUT2D eigenvalue weighted by atomic mass is 10.2. The number of carbonyl (C=O) groups is 1. The first kappa shape index (κ1) is 20.3. The first-order chi connectivity index (χ1) is 14.5. The quantitative estimate of drug-likeness (QED) is 0.285. The number of hydrogen-bond donors (Lipinski definition) is 2. The molecule has 4 aromatic rings. The molecule has 1 aromatic carbocycles. The standard InChI is InChI=1S/C20H16ClN5O2S2/c1-3-10-26-17(24-25-20(26)29)16-11(2)22-19(30-16)23-18(27)15-9-8-14(28-15)12-4-6-13(21)7-5-12/h3-9H,1,10H2,2H3,(H,25,29)(H,22,23,27). The Bertz CT molecular complexity index is 1280. The Morgan fingerprint density at radius 2 is 2.13 bits per heavy atom. The lowest BCUT2D eigenvalue weighted by Gasteiger charge is -2.01. The minimum atomic E-state index is -0.388. The number of furan rings is 1. The molecule has 0 bridgehead atoms. The third-order valence-corrected chi connectivity index (χ3v) is 5.88. The number of nitrogens with one attached hydrogen (secondary N) is 2. The van der Waals surface area contributed by atoms with Crippen LogP contribution in [-0.4, -0.2) is 25.7 Å². The lowest BCUT2D eigenvalue weighted by Crippen LogP contribution is -2.10. The van der Waals surface area contributed by atoms with Crippen LogP contribution in [0.25, 0.3) is 22.0 Å². The van der Waals surface area contributed by atoms with E-state index in [0.717, 1.165) is 16.1 Å². The molecule has 10 heteroatoms. The van der Waals surface area contributed by atoms with Crippen molar-refractivity contribution in [2.24, 2.45) is 0 Å². The summed E-state index contributed by atoms with van der Waals surface area (Å²) < 4.78 is 8.01. The maximum atomic E-state index is 12.6. The number of H-pyrrole nitrogens is 1. The van der Waals surface area contributed by atoms with Crippen LogP contribution in [0.2, 0.25) is 5.02 Å². The number of carbonyl (C=O) groups excluding carboxylic acids is 1. The van der Waals surface area contributed by atoms with Gasteiger partial charge in [0.1, 0.15) is 5.76 Å². The number of thiazole rings is 1. The van der Waals surface area contributed by atoms with E-state index < -0.39 is 0 Å². The first-order valence-electron chi connectivity index (χ1n) is 8.87. The predicted octanol–water partition coefficient (Wildman–Crippen LogP) is 5.72. The van der Waals surface area contributed by atoms with Crippen molar-refractivity contribution in [1.82, 2.24) is 19.7 Å². The molecule has 3 heterocycles. The Balaban J connectivity index is 1.55. The minimum Gasteiger partial charge on any atom is -0.451 e. The second kappa shape index (κ2) is 8.39. The van der Waals surface area contributed by atoms with Crippen molar-refractivity contribution in [3.63, 3.8) is 0 Å². The van der Waals surface area contributed by atoms with Crippen LogP contribution < -0.4 is 5.32 Å². The van der Waals surface area contributed by atoms with E-state index in [1.807, 2.05) is 23.6 Å². The molecular formula is C20H16ClN5O2S2. The fourth-order valence-corrected chi connectivity index (χ4v) is 4.13. The zero-order valence-corrected chi connectivity index (χ0v) is 18.2. The van der Waals surface area contributed by atoms with Crippen LogP contribution in [0.15, 0.2) is 53.5 Å². The van der Waals surface area contributed by atoms with E-state index in [9.17, 15) is 4.79 Å². The van der Waals surface area contributed by atoms with E-state index in [0.29, 0.717) is 33.1 Å². The van der Waals surface area contributed by atoms with Gasteiger partial charge in [-0.05, 0) is 55.5 Å². The van der Waals surface area contributed by atoms with Crippen LogP contribution in [0.3, 0.4) is 0 Å². The number of aromatic nitrogens is 4. The van der Waals surface area contributed by atoms with Crippen molar-refractivity contribution in [2.45, 2.75) is 13.5 Å². The molecule has 1 amide bonds. The fourth-order valence-electron chi connectivity index (χ4n) is 2.83. The van der Waals surface area contributed by atoms with Gasteiger partial charge in [-0.3, -0.25) is 19.8 Å². The predicted molar refractivity (Wildman–Crippen MR) is 121 cm³/mol. The second-order valence-corrected chi connectivity index (χ2v) is 8.13. The SMILES string of the molecule is C=CCn1c(-c2sc(NC(=O)c3ccc(-c4ccc(Cl)cc4)o3)nc2C)n[nH]c1=S. The molecule has 0 spiro atoms. The van der Waals surface area contributed by atoms with Crippen LogP contribution >= 0.6 is 35.2 Å². The average Bonchev–Trinajstić information content (AvgIpc) is 3.43. The Hall–Kier alpha value is -3.01. The highest BCUT2D eigenvalue weighted by molar-refractivity contribution is 7.71. The molecule has 0 aliphatic heterocycles. The van der Waals surface area contributed by atoms with Crippen LogP contribution in [-0.2, 0) is 6.54 Å². The summed E-state index contributed by atoms with van der Waals surface area (Å²) in [7, 11) is 0. The third kappa shape index (κ3) is 4.00. The molecular weight excluding hydrogens is 442 g/mol. The van der Waals surface area contributed by atoms with Crippen molar-refractivity contribution in [2.75, 3.05) is 5.32 Å². The molecule has 0 aliphatic rings. The van der Waals surface area contributed by atoms with Gasteiger partial charge in [-0.15, -0.1) is 6.58 Å². The molecule has 0 saturated carbocycles. The van der Waals surface area contributed by atoms with Gasteiger partial charge in [0.15, 0.2) is 21.5 Å². The third-order valence-electron chi connectivity index (χ3n) is 4.25. The summed E-state index contributed by atoms with van der Waals surface area (Å²) in [6.45, 7) is 6.11. The molecule has 0 saturated heterocycles. The zero-order valence-electron chi connectivity index (χ0n) is 15.8. The lowest BCUT2D eigenvalue weighted by molar-refractivity contribution is 0.0997. The number of hydrogen-bond acceptors (Lipinski definition) is 6. The van der Waals surface area contributed by atoms with Gasteiger partial charge in [-0.1, -0.05) is 29.0 Å². The Morgan fingerprint density at radius 3 is 2.87 bits per heavy atom. The highest BCUT2D eigenvalue weighted by Crippen LogP contribution is 2.32. The normalized spacial score (nSPS) is 10.9. The highest BCUT2D eigenvalue weighted by Gasteiger charge is 2.19. The summed E-state index contributed by atoms with van der Waals surface area (Å²) in [6.07, 6.45) is 1.74. The Kier molecular flexibility index (Phi) is 5.67. The van der Waals surface area contributed by atoms with Crippen molar-refractivity contribution in [3.05, 3.63) is 70.3 Å². The van der Waals surface area contributed by atoms with Gasteiger partial charge in [0.2, 0.25) is 0 Å². The van der Waals surface area contributed by atoms with E-state index in [1.54, 1.807) is 30.3 Å². The van der Waals surface area contributed by atoms with Crippen LogP contribution in [0.1, 0.15) is 16.2 Å². The van der Waals surface area contributed by atoms with Gasteiger partial charge in [0.05, 0.1) is 10.6 Å². The topological polar surface area (TPSA) is 88.7 Å². The van der Waals surface area contributed by atoms with Gasteiger partial charge < -0.3 is 4.42 Å². The van der Waals surface area contributed by atoms with Gasteiger partial charge in [0, 0.05) is 17.1 Å². The van der Waals surface area contributed by atoms with Crippen LogP contribution in [0, 0.1) is 11.7 Å². The first-order valence-corrected chi connectivity index (χ1v) is 10.5. The fraction of sp³-hybridized carbons (Fsp3) is 0.100. The summed E-state index contributed by atoms with van der Waals surface area (Å²) in [4.78, 5) is 17.9. The smallest absolute Gasteiger partial charge is 0.293 e. The number of nitrogens with zero attached hydrogens (tertiary/aromatic N) is 3. The van der Waals surface area contributed by atoms with Crippen molar-refractivity contribution in [1.29, 1.82) is 0 Å². The number of amides is 1. The van der Waals surface area contributed by atoms with Crippen molar-refractivity contribution in [3.8, 4) is 22.0 Å². The van der Waals surface area contributed by atoms with E-state index in [-0.39, 0.29) is 11.7 Å². The van der Waals surface area contributed by atoms with Crippen molar-refractivity contribution < 1.29 is 9.21 Å². The van der Waals surface area contributed by atoms with Crippen LogP contribution in [0.5, 0.6) is 0 Å². The molecule has 4 rings (SSSR count). The number of aromatic amines is 1. The second-order valence-electron chi connectivity index (χ2n) is 6.31. The molecule has 30 heavy (non-hydrogen) atoms. The number of allylic oxidation sites excluding steroid dienone is 1. The molecule has 0 aliphatic carbocycles. The van der Waals surface area contributed by atoms with E-state index >= 15 is 0 Å². The maximum Gasteiger partial charge on any atom is 0.293 e. The summed E-state index contributed by atoms with van der Waals surface area (Å²) in [5.41, 5.74) is 1.56. The summed E-state index contributed by atoms with van der Waals surface area (Å²) in [5.74, 6) is 1.02. The zero-order chi connectivity index (χ0) is 21.3. The largest absolute Gasteiger partial charge is 0.451 e. The van der Waals surface area contributed by atoms with Crippen molar-refractivity contribution >= 4 is 46.2 Å². The van der Waals surface area contributed by atoms with Gasteiger partial charge in [-0.25, -0.2) is 4.98 Å². The number of benzene rings is 1. The molecule has 0 unspecified atom stereocenters. The van der Waals surface area contributed by atoms with Gasteiger partial charge >= 0.3 is 0 Å². The van der Waals surface area contributed by atoms with E-state index in [1.165, 1.54) is 11.3 Å². The summed E-state index contributed by atoms with van der Waals surface area (Å²) in [5, 5.41) is 10.9. The molecule has 0 fully saturated rings. The molecule has 7 nitrogen and oxygen atoms in total. The summed E-state index contributed by atoms with van der Waals surface area (Å²) in [6, 6.07) is 10.5. The Labute approximate surface area is 186 Å². The van der Waals surface area contributed by atoms with Gasteiger partial charge in [-0.2, -0.15) is 5.10 Å². The number of anilines is 1. The van der Waals surface area contributed by atoms with Crippen LogP contribution in [0.4, 0.5) is 5.13 Å². The molecule has 0 atom stereocenters. The molecule has 2 N–H and O–H groups in total. The van der Waals surface area contributed by atoms with E-state index in [4.69, 9.17) is 28.2 Å². The monoisotopic (exact) mass is 457 g/mol. The highest BCUT2D eigenvalue weighted by atomic mass is 35.5. The van der Waals surface area contributed by atoms with Gasteiger partial charge in [0.25, 0.3) is 5.91 Å². The number of aryl methyl sites for hydroxylation is 1. The Morgan fingerprint density at radius 1 is 1.37 bits per heavy atom.